The standard InChI is InChI=1S/C24H37N3O6S/c1-15-9-10-16(2)17(13-15)20(21(29)25-14-19(28)32-7)27(6)22(30)18(11-12-34-8)26-23(31)33-24(3,4)5/h9-10,13,18,20H,11-12,14H2,1-8H3,(H,25,29)(H,26,31). The minimum absolute atomic E-state index is 0.329. The van der Waals surface area contributed by atoms with Crippen molar-refractivity contribution < 1.29 is 28.7 Å². The highest BCUT2D eigenvalue weighted by Gasteiger charge is 2.34. The number of alkyl carbamates (subject to hydrolysis) is 1. The zero-order valence-corrected chi connectivity index (χ0v) is 22.1. The molecule has 0 aliphatic heterocycles. The Morgan fingerprint density at radius 1 is 1.15 bits per heavy atom. The summed E-state index contributed by atoms with van der Waals surface area (Å²) in [7, 11) is 2.74. The van der Waals surface area contributed by atoms with Crippen molar-refractivity contribution in [3.63, 3.8) is 0 Å². The fraction of sp³-hybridized carbons (Fsp3) is 0.583. The highest BCUT2D eigenvalue weighted by atomic mass is 32.2. The van der Waals surface area contributed by atoms with E-state index in [9.17, 15) is 19.2 Å². The molecule has 2 N–H and O–H groups in total. The molecule has 34 heavy (non-hydrogen) atoms. The van der Waals surface area contributed by atoms with E-state index in [1.807, 2.05) is 38.3 Å². The smallest absolute Gasteiger partial charge is 0.408 e. The third-order valence-corrected chi connectivity index (χ3v) is 5.59. The van der Waals surface area contributed by atoms with Crippen LogP contribution in [0.25, 0.3) is 0 Å². The summed E-state index contributed by atoms with van der Waals surface area (Å²) in [6.45, 7) is 8.61. The molecule has 0 aliphatic carbocycles. The van der Waals surface area contributed by atoms with Crippen LogP contribution in [0.5, 0.6) is 0 Å². The van der Waals surface area contributed by atoms with Crippen LogP contribution in [0, 0.1) is 13.8 Å². The third-order valence-electron chi connectivity index (χ3n) is 4.95. The molecule has 9 nitrogen and oxygen atoms in total. The van der Waals surface area contributed by atoms with Gasteiger partial charge in [0.05, 0.1) is 7.11 Å². The molecule has 1 aromatic rings. The van der Waals surface area contributed by atoms with E-state index in [0.29, 0.717) is 17.7 Å². The van der Waals surface area contributed by atoms with Crippen LogP contribution in [0.1, 0.15) is 49.9 Å². The molecular formula is C24H37N3O6S. The van der Waals surface area contributed by atoms with Gasteiger partial charge in [0.15, 0.2) is 0 Å². The summed E-state index contributed by atoms with van der Waals surface area (Å²) in [5.74, 6) is -0.968. The van der Waals surface area contributed by atoms with Gasteiger partial charge >= 0.3 is 12.1 Å². The molecule has 0 saturated carbocycles. The van der Waals surface area contributed by atoms with Crippen LogP contribution < -0.4 is 10.6 Å². The normalized spacial score (nSPS) is 12.8. The summed E-state index contributed by atoms with van der Waals surface area (Å²) in [5, 5.41) is 5.19. The number of amides is 3. The van der Waals surface area contributed by atoms with Crippen LogP contribution in [-0.4, -0.2) is 73.1 Å². The summed E-state index contributed by atoms with van der Waals surface area (Å²) < 4.78 is 9.93. The summed E-state index contributed by atoms with van der Waals surface area (Å²) in [6.07, 6.45) is 1.55. The van der Waals surface area contributed by atoms with E-state index in [2.05, 4.69) is 15.4 Å². The molecule has 1 aromatic carbocycles. The number of methoxy groups -OCH3 is 1. The van der Waals surface area contributed by atoms with E-state index in [4.69, 9.17) is 4.74 Å². The van der Waals surface area contributed by atoms with Crippen molar-refractivity contribution in [3.05, 3.63) is 34.9 Å². The van der Waals surface area contributed by atoms with Gasteiger partial charge in [-0.05, 0) is 64.2 Å². The Hall–Kier alpha value is -2.75. The molecule has 0 saturated heterocycles. The number of carbonyl (C=O) groups excluding carboxylic acids is 4. The lowest BCUT2D eigenvalue weighted by Gasteiger charge is -2.32. The topological polar surface area (TPSA) is 114 Å². The van der Waals surface area contributed by atoms with Crippen LogP contribution in [0.4, 0.5) is 4.79 Å². The van der Waals surface area contributed by atoms with Crippen molar-refractivity contribution in [3.8, 4) is 0 Å². The zero-order valence-electron chi connectivity index (χ0n) is 21.3. The largest absolute Gasteiger partial charge is 0.468 e. The molecule has 0 fully saturated rings. The van der Waals surface area contributed by atoms with E-state index < -0.39 is 41.6 Å². The number of benzene rings is 1. The average molecular weight is 496 g/mol. The van der Waals surface area contributed by atoms with Crippen molar-refractivity contribution in [1.82, 2.24) is 15.5 Å². The molecule has 0 aromatic heterocycles. The molecular weight excluding hydrogens is 458 g/mol. The molecule has 0 bridgehead atoms. The van der Waals surface area contributed by atoms with E-state index in [1.54, 1.807) is 20.8 Å². The second kappa shape index (κ2) is 13.2. The van der Waals surface area contributed by atoms with Crippen LogP contribution in [-0.2, 0) is 23.9 Å². The number of likely N-dealkylation sites (N-methyl/N-ethyl adjacent to an activating group) is 1. The number of thioether (sulfide) groups is 1. The lowest BCUT2D eigenvalue weighted by atomic mass is 9.96. The summed E-state index contributed by atoms with van der Waals surface area (Å²) in [4.78, 5) is 52.0. The first-order valence-corrected chi connectivity index (χ1v) is 12.4. The quantitative estimate of drug-likeness (QED) is 0.480. The molecule has 10 heteroatoms. The Kier molecular flexibility index (Phi) is 11.4. The third kappa shape index (κ3) is 9.24. The van der Waals surface area contributed by atoms with E-state index >= 15 is 0 Å². The number of nitrogens with one attached hydrogen (secondary N) is 2. The summed E-state index contributed by atoms with van der Waals surface area (Å²) >= 11 is 1.54. The highest BCUT2D eigenvalue weighted by molar-refractivity contribution is 7.98. The first-order valence-electron chi connectivity index (χ1n) is 11.0. The first-order chi connectivity index (χ1) is 15.8. The van der Waals surface area contributed by atoms with Gasteiger partial charge < -0.3 is 25.0 Å². The lowest BCUT2D eigenvalue weighted by Crippen LogP contribution is -2.52. The molecule has 1 rings (SSSR count). The maximum atomic E-state index is 13.5. The van der Waals surface area contributed by atoms with E-state index in [1.165, 1.54) is 30.8 Å². The predicted octanol–water partition coefficient (Wildman–Crippen LogP) is 2.74. The van der Waals surface area contributed by atoms with Gasteiger partial charge in [-0.1, -0.05) is 23.8 Å². The molecule has 0 heterocycles. The molecule has 2 unspecified atom stereocenters. The molecule has 3 amide bonds. The highest BCUT2D eigenvalue weighted by Crippen LogP contribution is 2.26. The fourth-order valence-electron chi connectivity index (χ4n) is 3.22. The Balaban J connectivity index is 3.29. The van der Waals surface area contributed by atoms with Gasteiger partial charge in [0.2, 0.25) is 11.8 Å². The number of hydrogen-bond donors (Lipinski definition) is 2. The minimum atomic E-state index is -1.02. The van der Waals surface area contributed by atoms with E-state index in [0.717, 1.165) is 11.1 Å². The first kappa shape index (κ1) is 29.3. The number of carbonyl (C=O) groups is 4. The Morgan fingerprint density at radius 3 is 2.35 bits per heavy atom. The Morgan fingerprint density at radius 2 is 1.79 bits per heavy atom. The summed E-state index contributed by atoms with van der Waals surface area (Å²) in [6, 6.07) is 3.70. The van der Waals surface area contributed by atoms with Gasteiger partial charge in [0.25, 0.3) is 0 Å². The maximum absolute atomic E-state index is 13.5. The number of rotatable bonds is 10. The van der Waals surface area contributed by atoms with Crippen LogP contribution in [0.3, 0.4) is 0 Å². The maximum Gasteiger partial charge on any atom is 0.408 e. The van der Waals surface area contributed by atoms with Crippen LogP contribution in [0.15, 0.2) is 18.2 Å². The molecule has 0 aliphatic rings. The SMILES string of the molecule is COC(=O)CNC(=O)C(c1cc(C)ccc1C)N(C)C(=O)C(CCSC)NC(=O)OC(C)(C)C. The van der Waals surface area contributed by atoms with Crippen molar-refractivity contribution in [1.29, 1.82) is 0 Å². The van der Waals surface area contributed by atoms with Gasteiger partial charge in [-0.2, -0.15) is 11.8 Å². The second-order valence-electron chi connectivity index (χ2n) is 8.99. The lowest BCUT2D eigenvalue weighted by molar-refractivity contribution is -0.143. The van der Waals surface area contributed by atoms with Crippen molar-refractivity contribution in [2.75, 3.05) is 32.7 Å². The summed E-state index contributed by atoms with van der Waals surface area (Å²) in [5.41, 5.74) is 1.62. The van der Waals surface area contributed by atoms with Gasteiger partial charge in [-0.15, -0.1) is 0 Å². The molecule has 0 spiro atoms. The number of esters is 1. The van der Waals surface area contributed by atoms with Gasteiger partial charge in [-0.3, -0.25) is 14.4 Å². The minimum Gasteiger partial charge on any atom is -0.468 e. The molecule has 2 atom stereocenters. The van der Waals surface area contributed by atoms with Crippen molar-refractivity contribution in [2.24, 2.45) is 0 Å². The van der Waals surface area contributed by atoms with Crippen molar-refractivity contribution in [2.45, 2.75) is 58.7 Å². The van der Waals surface area contributed by atoms with Crippen LogP contribution >= 0.6 is 11.8 Å². The predicted molar refractivity (Wildman–Crippen MR) is 133 cm³/mol. The van der Waals surface area contributed by atoms with Crippen molar-refractivity contribution >= 4 is 35.6 Å². The molecule has 0 radical (unpaired) electrons. The average Bonchev–Trinajstić information content (AvgIpc) is 2.75. The van der Waals surface area contributed by atoms with Gasteiger partial charge in [-0.25, -0.2) is 4.79 Å². The fourth-order valence-corrected chi connectivity index (χ4v) is 3.70. The number of nitrogens with zero attached hydrogens (tertiary/aromatic N) is 1. The number of aryl methyl sites for hydroxylation is 2. The zero-order chi connectivity index (χ0) is 26.1. The molecule has 190 valence electrons. The van der Waals surface area contributed by atoms with E-state index in [-0.39, 0.29) is 6.54 Å². The monoisotopic (exact) mass is 495 g/mol. The Bertz CT molecular complexity index is 884. The Labute approximate surface area is 206 Å². The number of hydrogen-bond acceptors (Lipinski definition) is 7. The van der Waals surface area contributed by atoms with Crippen LogP contribution in [0.2, 0.25) is 0 Å². The number of ether oxygens (including phenoxy) is 2. The van der Waals surface area contributed by atoms with Gasteiger partial charge in [0, 0.05) is 7.05 Å². The second-order valence-corrected chi connectivity index (χ2v) is 9.97. The van der Waals surface area contributed by atoms with Gasteiger partial charge in [0.1, 0.15) is 24.2 Å².